The molecule has 0 bridgehead atoms. The van der Waals surface area contributed by atoms with Crippen molar-refractivity contribution in [3.05, 3.63) is 99.6 Å². The van der Waals surface area contributed by atoms with E-state index in [4.69, 9.17) is 4.74 Å². The molecule has 34 heavy (non-hydrogen) atoms. The van der Waals surface area contributed by atoms with Crippen LogP contribution in [0.25, 0.3) is 0 Å². The van der Waals surface area contributed by atoms with Crippen molar-refractivity contribution in [1.82, 2.24) is 9.62 Å². The van der Waals surface area contributed by atoms with E-state index in [-0.39, 0.29) is 18.5 Å². The molecular formula is C28H30N2O3S. The van der Waals surface area contributed by atoms with E-state index in [1.54, 1.807) is 24.1 Å². The molecule has 0 aromatic heterocycles. The number of ether oxygens (including phenoxy) is 1. The molecule has 5 nitrogen and oxygen atoms in total. The van der Waals surface area contributed by atoms with Gasteiger partial charge < -0.3 is 10.1 Å². The number of aryl methyl sites for hydroxylation is 3. The Morgan fingerprint density at radius 3 is 2.35 bits per heavy atom. The molecule has 0 saturated carbocycles. The summed E-state index contributed by atoms with van der Waals surface area (Å²) in [7, 11) is 1.36. The number of carbonyl (C=O) groups excluding carboxylic acids is 2. The predicted octanol–water partition coefficient (Wildman–Crippen LogP) is 5.15. The van der Waals surface area contributed by atoms with Gasteiger partial charge in [0.1, 0.15) is 6.04 Å². The summed E-state index contributed by atoms with van der Waals surface area (Å²) in [4.78, 5) is 26.8. The Morgan fingerprint density at radius 1 is 1.00 bits per heavy atom. The normalized spacial score (nSPS) is 15.5. The molecule has 0 fully saturated rings. The molecular weight excluding hydrogens is 444 g/mol. The summed E-state index contributed by atoms with van der Waals surface area (Å²) in [6.07, 6.45) is 0.637. The smallest absolute Gasteiger partial charge is 0.338 e. The van der Waals surface area contributed by atoms with Crippen LogP contribution in [0.3, 0.4) is 0 Å². The molecule has 3 aromatic carbocycles. The lowest BCUT2D eigenvalue weighted by Crippen LogP contribution is -2.47. The first-order chi connectivity index (χ1) is 16.4. The molecule has 1 aliphatic rings. The number of fused-ring (bicyclic) bond motifs is 1. The molecule has 1 atom stereocenters. The summed E-state index contributed by atoms with van der Waals surface area (Å²) in [5.41, 5.74) is 7.33. The topological polar surface area (TPSA) is 58.6 Å². The van der Waals surface area contributed by atoms with Gasteiger partial charge in [-0.25, -0.2) is 9.10 Å². The number of hydrogen-bond donors (Lipinski definition) is 1. The number of amides is 1. The van der Waals surface area contributed by atoms with Gasteiger partial charge in [-0.2, -0.15) is 0 Å². The third kappa shape index (κ3) is 5.18. The Labute approximate surface area is 205 Å². The quantitative estimate of drug-likeness (QED) is 0.396. The van der Waals surface area contributed by atoms with E-state index in [0.29, 0.717) is 18.5 Å². The number of benzene rings is 3. The van der Waals surface area contributed by atoms with Crippen LogP contribution in [-0.2, 0) is 29.0 Å². The highest BCUT2D eigenvalue weighted by atomic mass is 32.2. The van der Waals surface area contributed by atoms with Crippen LogP contribution in [0.1, 0.15) is 43.7 Å². The number of nitrogens with zero attached hydrogens (tertiary/aromatic N) is 1. The molecule has 0 saturated heterocycles. The van der Waals surface area contributed by atoms with Gasteiger partial charge in [0.05, 0.1) is 12.7 Å². The maximum absolute atomic E-state index is 13.5. The van der Waals surface area contributed by atoms with Crippen molar-refractivity contribution in [1.29, 1.82) is 0 Å². The highest BCUT2D eigenvalue weighted by molar-refractivity contribution is 7.97. The lowest BCUT2D eigenvalue weighted by atomic mass is 9.95. The molecule has 1 heterocycles. The Hall–Kier alpha value is -3.09. The van der Waals surface area contributed by atoms with E-state index >= 15 is 0 Å². The lowest BCUT2D eigenvalue weighted by Gasteiger charge is -2.35. The Kier molecular flexibility index (Phi) is 7.39. The fraction of sp³-hybridized carbons (Fsp3) is 0.286. The minimum Gasteiger partial charge on any atom is -0.465 e. The van der Waals surface area contributed by atoms with Gasteiger partial charge in [0.2, 0.25) is 5.91 Å². The van der Waals surface area contributed by atoms with Gasteiger partial charge in [-0.3, -0.25) is 4.79 Å². The molecule has 1 unspecified atom stereocenters. The monoisotopic (exact) mass is 474 g/mol. The number of nitrogens with one attached hydrogen (secondary N) is 1. The third-order valence-electron chi connectivity index (χ3n) is 6.20. The van der Waals surface area contributed by atoms with E-state index in [2.05, 4.69) is 54.7 Å². The van der Waals surface area contributed by atoms with Gasteiger partial charge in [-0.15, -0.1) is 0 Å². The molecule has 1 aliphatic heterocycles. The lowest BCUT2D eigenvalue weighted by molar-refractivity contribution is -0.125. The van der Waals surface area contributed by atoms with E-state index in [1.807, 2.05) is 24.3 Å². The summed E-state index contributed by atoms with van der Waals surface area (Å²) in [6, 6.07) is 19.6. The van der Waals surface area contributed by atoms with Crippen molar-refractivity contribution in [2.24, 2.45) is 0 Å². The third-order valence-corrected chi connectivity index (χ3v) is 7.64. The van der Waals surface area contributed by atoms with E-state index in [1.165, 1.54) is 39.8 Å². The fourth-order valence-corrected chi connectivity index (χ4v) is 5.67. The summed E-state index contributed by atoms with van der Waals surface area (Å²) in [6.45, 7) is 7.31. The number of esters is 1. The molecule has 0 radical (unpaired) electrons. The van der Waals surface area contributed by atoms with Gasteiger partial charge in [0.25, 0.3) is 0 Å². The first-order valence-corrected chi connectivity index (χ1v) is 12.2. The maximum Gasteiger partial charge on any atom is 0.338 e. The van der Waals surface area contributed by atoms with E-state index < -0.39 is 5.97 Å². The van der Waals surface area contributed by atoms with Gasteiger partial charge in [-0.1, -0.05) is 60.2 Å². The minimum absolute atomic E-state index is 0.0518. The standard InChI is InChI=1S/C28H30N2O3S/c1-18-13-19(2)26(20(3)14-18)34-30-17-23-11-6-5-9-21(23)15-25(30)27(31)29-16-22-10-7-8-12-24(22)28(32)33-4/h5-14,25H,15-17H2,1-4H3,(H,29,31). The fourth-order valence-electron chi connectivity index (χ4n) is 4.53. The minimum atomic E-state index is -0.404. The van der Waals surface area contributed by atoms with Crippen molar-refractivity contribution in [2.45, 2.75) is 51.2 Å². The van der Waals surface area contributed by atoms with Crippen LogP contribution in [-0.4, -0.2) is 29.3 Å². The second-order valence-electron chi connectivity index (χ2n) is 8.75. The van der Waals surface area contributed by atoms with E-state index in [0.717, 1.165) is 5.56 Å². The molecule has 4 rings (SSSR count). The van der Waals surface area contributed by atoms with Crippen LogP contribution in [0, 0.1) is 20.8 Å². The predicted molar refractivity (Wildman–Crippen MR) is 136 cm³/mol. The number of rotatable bonds is 6. The number of methoxy groups -OCH3 is 1. The highest BCUT2D eigenvalue weighted by Gasteiger charge is 2.33. The average molecular weight is 475 g/mol. The number of carbonyl (C=O) groups is 2. The van der Waals surface area contributed by atoms with E-state index in [9.17, 15) is 9.59 Å². The van der Waals surface area contributed by atoms with Crippen LogP contribution in [0.4, 0.5) is 0 Å². The summed E-state index contributed by atoms with van der Waals surface area (Å²) in [5, 5.41) is 3.07. The van der Waals surface area contributed by atoms with Gasteiger partial charge >= 0.3 is 5.97 Å². The zero-order valence-electron chi connectivity index (χ0n) is 20.1. The molecule has 1 amide bonds. The molecule has 6 heteroatoms. The van der Waals surface area contributed by atoms with Crippen molar-refractivity contribution >= 4 is 23.8 Å². The van der Waals surface area contributed by atoms with Crippen molar-refractivity contribution in [3.8, 4) is 0 Å². The van der Waals surface area contributed by atoms with Crippen molar-refractivity contribution < 1.29 is 14.3 Å². The zero-order chi connectivity index (χ0) is 24.2. The molecule has 3 aromatic rings. The Bertz CT molecular complexity index is 1200. The SMILES string of the molecule is COC(=O)c1ccccc1CNC(=O)C1Cc2ccccc2CN1Sc1c(C)cc(C)cc1C. The maximum atomic E-state index is 13.5. The molecule has 1 N–H and O–H groups in total. The first kappa shape index (κ1) is 24.0. The van der Waals surface area contributed by atoms with Gasteiger partial charge in [-0.05, 0) is 73.0 Å². The van der Waals surface area contributed by atoms with Crippen LogP contribution < -0.4 is 5.32 Å². The average Bonchev–Trinajstić information content (AvgIpc) is 2.83. The summed E-state index contributed by atoms with van der Waals surface area (Å²) in [5.74, 6) is -0.456. The first-order valence-electron chi connectivity index (χ1n) is 11.4. The largest absolute Gasteiger partial charge is 0.465 e. The molecule has 176 valence electrons. The van der Waals surface area contributed by atoms with Crippen molar-refractivity contribution in [3.63, 3.8) is 0 Å². The second kappa shape index (κ2) is 10.5. The van der Waals surface area contributed by atoms with Crippen molar-refractivity contribution in [2.75, 3.05) is 7.11 Å². The Morgan fingerprint density at radius 2 is 1.65 bits per heavy atom. The molecule has 0 aliphatic carbocycles. The van der Waals surface area contributed by atoms with Crippen LogP contribution in [0.5, 0.6) is 0 Å². The second-order valence-corrected chi connectivity index (χ2v) is 9.81. The zero-order valence-corrected chi connectivity index (χ0v) is 20.9. The molecule has 0 spiro atoms. The summed E-state index contributed by atoms with van der Waals surface area (Å²) >= 11 is 1.66. The highest BCUT2D eigenvalue weighted by Crippen LogP contribution is 2.36. The summed E-state index contributed by atoms with van der Waals surface area (Å²) < 4.78 is 7.08. The van der Waals surface area contributed by atoms with Crippen LogP contribution in [0.15, 0.2) is 65.6 Å². The van der Waals surface area contributed by atoms with Crippen LogP contribution >= 0.6 is 11.9 Å². The Balaban J connectivity index is 1.58. The number of hydrogen-bond acceptors (Lipinski definition) is 5. The van der Waals surface area contributed by atoms with Gasteiger partial charge in [0.15, 0.2) is 0 Å². The van der Waals surface area contributed by atoms with Crippen LogP contribution in [0.2, 0.25) is 0 Å². The van der Waals surface area contributed by atoms with Gasteiger partial charge in [0, 0.05) is 18.0 Å².